The van der Waals surface area contributed by atoms with Crippen LogP contribution in [0.25, 0.3) is 16.6 Å². The minimum absolute atomic E-state index is 0.0263. The van der Waals surface area contributed by atoms with E-state index in [-0.39, 0.29) is 12.8 Å². The maximum absolute atomic E-state index is 12.5. The van der Waals surface area contributed by atoms with Crippen LogP contribution in [0.1, 0.15) is 17.5 Å². The molecule has 0 spiro atoms. The number of hydrogen-bond donors (Lipinski definition) is 2. The molecule has 0 saturated carbocycles. The Morgan fingerprint density at radius 3 is 3.07 bits per heavy atom. The average Bonchev–Trinajstić information content (AvgIpc) is 3.40. The Kier molecular flexibility index (Phi) is 4.56. The van der Waals surface area contributed by atoms with Gasteiger partial charge in [-0.15, -0.1) is 0 Å². The van der Waals surface area contributed by atoms with E-state index in [1.807, 2.05) is 35.4 Å². The molecule has 5 rings (SSSR count). The van der Waals surface area contributed by atoms with Crippen LogP contribution in [-0.4, -0.2) is 47.3 Å². The normalized spacial score (nSPS) is 15.4. The Morgan fingerprint density at radius 1 is 1.24 bits per heavy atom. The SMILES string of the molecule is O=C(NCCc1ccc2c(c1)OCO2)N1CC=C(c2c[nH]c3ncccc23)CC1. The Hall–Kier alpha value is -3.48. The number of pyridine rings is 1. The van der Waals surface area contributed by atoms with E-state index in [4.69, 9.17) is 9.47 Å². The first-order chi connectivity index (χ1) is 14.3. The van der Waals surface area contributed by atoms with E-state index in [0.29, 0.717) is 19.6 Å². The standard InChI is InChI=1S/C22H22N4O3/c27-22(24-9-5-15-3-4-19-20(12-15)29-14-28-19)26-10-6-16(7-11-26)18-13-25-21-17(18)2-1-8-23-21/h1-4,6,8,12-13H,5,7,9-11,14H2,(H,23,25)(H,24,27). The van der Waals surface area contributed by atoms with Crippen molar-refractivity contribution in [2.45, 2.75) is 12.8 Å². The van der Waals surface area contributed by atoms with Gasteiger partial charge in [-0.1, -0.05) is 12.1 Å². The second-order valence-electron chi connectivity index (χ2n) is 7.20. The summed E-state index contributed by atoms with van der Waals surface area (Å²) < 4.78 is 10.7. The second-order valence-corrected chi connectivity index (χ2v) is 7.20. The molecule has 7 heteroatoms. The molecule has 0 saturated heterocycles. The van der Waals surface area contributed by atoms with Crippen LogP contribution in [0.3, 0.4) is 0 Å². The second kappa shape index (κ2) is 7.50. The van der Waals surface area contributed by atoms with Crippen molar-refractivity contribution in [2.24, 2.45) is 0 Å². The summed E-state index contributed by atoms with van der Waals surface area (Å²) in [5.41, 5.74) is 4.44. The Morgan fingerprint density at radius 2 is 2.17 bits per heavy atom. The van der Waals surface area contributed by atoms with E-state index >= 15 is 0 Å². The molecule has 2 N–H and O–H groups in total. The van der Waals surface area contributed by atoms with Crippen LogP contribution in [0.2, 0.25) is 0 Å². The Bertz CT molecular complexity index is 1090. The zero-order chi connectivity index (χ0) is 19.6. The van der Waals surface area contributed by atoms with Crippen molar-refractivity contribution < 1.29 is 14.3 Å². The van der Waals surface area contributed by atoms with E-state index < -0.39 is 0 Å². The quantitative estimate of drug-likeness (QED) is 0.716. The number of nitrogens with zero attached hydrogens (tertiary/aromatic N) is 2. The minimum atomic E-state index is -0.0263. The molecule has 2 aromatic heterocycles. The van der Waals surface area contributed by atoms with Crippen molar-refractivity contribution >= 4 is 22.6 Å². The number of rotatable bonds is 4. The van der Waals surface area contributed by atoms with Crippen LogP contribution in [0.5, 0.6) is 11.5 Å². The van der Waals surface area contributed by atoms with Gasteiger partial charge in [0.15, 0.2) is 11.5 Å². The highest BCUT2D eigenvalue weighted by atomic mass is 16.7. The predicted molar refractivity (Wildman–Crippen MR) is 110 cm³/mol. The molecule has 0 fully saturated rings. The van der Waals surface area contributed by atoms with Gasteiger partial charge in [-0.25, -0.2) is 9.78 Å². The van der Waals surface area contributed by atoms with E-state index in [1.165, 1.54) is 11.1 Å². The van der Waals surface area contributed by atoms with Gasteiger partial charge in [-0.3, -0.25) is 0 Å². The van der Waals surface area contributed by atoms with Gasteiger partial charge < -0.3 is 24.7 Å². The number of aromatic nitrogens is 2. The zero-order valence-electron chi connectivity index (χ0n) is 16.0. The molecular formula is C22H22N4O3. The third-order valence-electron chi connectivity index (χ3n) is 5.42. The highest BCUT2D eigenvalue weighted by Crippen LogP contribution is 2.32. The zero-order valence-corrected chi connectivity index (χ0v) is 16.0. The summed E-state index contributed by atoms with van der Waals surface area (Å²) >= 11 is 0. The molecule has 0 unspecified atom stereocenters. The largest absolute Gasteiger partial charge is 0.454 e. The van der Waals surface area contributed by atoms with Gasteiger partial charge in [0.1, 0.15) is 5.65 Å². The molecule has 0 aliphatic carbocycles. The van der Waals surface area contributed by atoms with Crippen LogP contribution >= 0.6 is 0 Å². The van der Waals surface area contributed by atoms with Crippen molar-refractivity contribution in [2.75, 3.05) is 26.4 Å². The molecule has 0 atom stereocenters. The van der Waals surface area contributed by atoms with Crippen molar-refractivity contribution in [3.63, 3.8) is 0 Å². The Balaban J connectivity index is 1.16. The molecule has 4 heterocycles. The summed E-state index contributed by atoms with van der Waals surface area (Å²) in [7, 11) is 0. The van der Waals surface area contributed by atoms with E-state index in [2.05, 4.69) is 27.4 Å². The molecule has 3 aromatic rings. The lowest BCUT2D eigenvalue weighted by molar-refractivity contribution is 0.174. The fourth-order valence-corrected chi connectivity index (χ4v) is 3.84. The average molecular weight is 390 g/mol. The van der Waals surface area contributed by atoms with Crippen LogP contribution in [0.15, 0.2) is 48.8 Å². The molecule has 29 heavy (non-hydrogen) atoms. The van der Waals surface area contributed by atoms with Gasteiger partial charge in [0, 0.05) is 43.0 Å². The third kappa shape index (κ3) is 3.51. The molecule has 1 aromatic carbocycles. The highest BCUT2D eigenvalue weighted by Gasteiger charge is 2.19. The summed E-state index contributed by atoms with van der Waals surface area (Å²) in [6, 6.07) is 9.89. The number of H-pyrrole nitrogens is 1. The van der Waals surface area contributed by atoms with Crippen LogP contribution in [0, 0.1) is 0 Å². The first-order valence-electron chi connectivity index (χ1n) is 9.81. The number of carbonyl (C=O) groups excluding carboxylic acids is 1. The molecular weight excluding hydrogens is 368 g/mol. The fraction of sp³-hybridized carbons (Fsp3) is 0.273. The molecule has 2 aliphatic heterocycles. The smallest absolute Gasteiger partial charge is 0.317 e. The Labute approximate surface area is 168 Å². The van der Waals surface area contributed by atoms with Gasteiger partial charge in [-0.05, 0) is 48.2 Å². The van der Waals surface area contributed by atoms with Gasteiger partial charge in [0.2, 0.25) is 6.79 Å². The maximum Gasteiger partial charge on any atom is 0.317 e. The van der Waals surface area contributed by atoms with Gasteiger partial charge in [-0.2, -0.15) is 0 Å². The molecule has 148 valence electrons. The number of fused-ring (bicyclic) bond motifs is 2. The summed E-state index contributed by atoms with van der Waals surface area (Å²) in [6.07, 6.45) is 7.51. The summed E-state index contributed by atoms with van der Waals surface area (Å²) in [4.78, 5) is 21.9. The van der Waals surface area contributed by atoms with Crippen LogP contribution < -0.4 is 14.8 Å². The van der Waals surface area contributed by atoms with Crippen molar-refractivity contribution in [1.82, 2.24) is 20.2 Å². The number of ether oxygens (including phenoxy) is 2. The number of benzene rings is 1. The van der Waals surface area contributed by atoms with Crippen molar-refractivity contribution in [1.29, 1.82) is 0 Å². The van der Waals surface area contributed by atoms with Crippen molar-refractivity contribution in [3.05, 3.63) is 59.9 Å². The number of aromatic amines is 1. The number of hydrogen-bond acceptors (Lipinski definition) is 4. The highest BCUT2D eigenvalue weighted by molar-refractivity contribution is 5.91. The van der Waals surface area contributed by atoms with E-state index in [0.717, 1.165) is 40.9 Å². The number of nitrogens with one attached hydrogen (secondary N) is 2. The third-order valence-corrected chi connectivity index (χ3v) is 5.42. The molecule has 7 nitrogen and oxygen atoms in total. The van der Waals surface area contributed by atoms with Crippen LogP contribution in [0.4, 0.5) is 4.79 Å². The van der Waals surface area contributed by atoms with E-state index in [9.17, 15) is 4.79 Å². The van der Waals surface area contributed by atoms with E-state index in [1.54, 1.807) is 6.20 Å². The lowest BCUT2D eigenvalue weighted by Gasteiger charge is -2.26. The maximum atomic E-state index is 12.5. The summed E-state index contributed by atoms with van der Waals surface area (Å²) in [6.45, 7) is 2.17. The van der Waals surface area contributed by atoms with Gasteiger partial charge in [0.05, 0.1) is 0 Å². The molecule has 0 radical (unpaired) electrons. The fourth-order valence-electron chi connectivity index (χ4n) is 3.84. The topological polar surface area (TPSA) is 79.5 Å². The first kappa shape index (κ1) is 17.6. The number of urea groups is 1. The predicted octanol–water partition coefficient (Wildman–Crippen LogP) is 3.33. The molecule has 2 aliphatic rings. The minimum Gasteiger partial charge on any atom is -0.454 e. The van der Waals surface area contributed by atoms with Crippen molar-refractivity contribution in [3.8, 4) is 11.5 Å². The number of carbonyl (C=O) groups is 1. The summed E-state index contributed by atoms with van der Waals surface area (Å²) in [5.74, 6) is 1.55. The first-order valence-corrected chi connectivity index (χ1v) is 9.81. The van der Waals surface area contributed by atoms with Crippen LogP contribution in [-0.2, 0) is 6.42 Å². The lowest BCUT2D eigenvalue weighted by Crippen LogP contribution is -2.42. The van der Waals surface area contributed by atoms with Gasteiger partial charge >= 0.3 is 6.03 Å². The monoisotopic (exact) mass is 390 g/mol. The summed E-state index contributed by atoms with van der Waals surface area (Å²) in [5, 5.41) is 4.14. The molecule has 2 amide bonds. The number of amides is 2. The van der Waals surface area contributed by atoms with Gasteiger partial charge in [0.25, 0.3) is 0 Å². The molecule has 0 bridgehead atoms. The lowest BCUT2D eigenvalue weighted by atomic mass is 10.00.